The van der Waals surface area contributed by atoms with Crippen molar-refractivity contribution in [1.29, 1.82) is 0 Å². The molecule has 0 atom stereocenters. The lowest BCUT2D eigenvalue weighted by Crippen LogP contribution is -2.34. The smallest absolute Gasteiger partial charge is 0.344 e. The van der Waals surface area contributed by atoms with E-state index in [1.54, 1.807) is 12.1 Å². The van der Waals surface area contributed by atoms with Crippen LogP contribution in [0.15, 0.2) is 77.4 Å². The number of benzene rings is 2. The van der Waals surface area contributed by atoms with Crippen LogP contribution < -0.4 is 10.1 Å². The molecule has 0 aliphatic rings. The molecule has 1 aromatic heterocycles. The summed E-state index contributed by atoms with van der Waals surface area (Å²) in [4.78, 5) is 35.2. The van der Waals surface area contributed by atoms with Gasteiger partial charge in [0.05, 0.1) is 6.26 Å². The van der Waals surface area contributed by atoms with Crippen LogP contribution in [0.3, 0.4) is 0 Å². The van der Waals surface area contributed by atoms with Crippen molar-refractivity contribution in [2.75, 3.05) is 13.2 Å². The Morgan fingerprint density at radius 3 is 2.36 bits per heavy atom. The van der Waals surface area contributed by atoms with Crippen molar-refractivity contribution in [3.63, 3.8) is 0 Å². The molecule has 0 aliphatic heterocycles. The summed E-state index contributed by atoms with van der Waals surface area (Å²) in [5.41, 5.74) is 1.78. The Labute approximate surface area is 160 Å². The number of amides is 2. The fraction of sp³-hybridized carbons (Fsp3) is 0.0952. The highest BCUT2D eigenvalue weighted by atomic mass is 16.6. The Kier molecular flexibility index (Phi) is 6.20. The summed E-state index contributed by atoms with van der Waals surface area (Å²) in [5, 5.41) is 2.05. The molecule has 3 rings (SSSR count). The fourth-order valence-corrected chi connectivity index (χ4v) is 2.41. The van der Waals surface area contributed by atoms with E-state index in [1.165, 1.54) is 18.4 Å². The number of ether oxygens (including phenoxy) is 2. The van der Waals surface area contributed by atoms with Crippen LogP contribution in [-0.4, -0.2) is 31.0 Å². The SMILES string of the molecule is O=C(COC(=O)COc1ccccc1-c1ccccc1)NC(=O)c1ccco1. The topological polar surface area (TPSA) is 94.8 Å². The number of carbonyl (C=O) groups excluding carboxylic acids is 3. The zero-order valence-electron chi connectivity index (χ0n) is 14.8. The van der Waals surface area contributed by atoms with Crippen molar-refractivity contribution in [2.45, 2.75) is 0 Å². The largest absolute Gasteiger partial charge is 0.481 e. The molecule has 0 fully saturated rings. The van der Waals surface area contributed by atoms with Gasteiger partial charge in [0.15, 0.2) is 19.0 Å². The maximum absolute atomic E-state index is 11.9. The summed E-state index contributed by atoms with van der Waals surface area (Å²) in [6, 6.07) is 19.8. The molecule has 0 bridgehead atoms. The third-order valence-corrected chi connectivity index (χ3v) is 3.68. The summed E-state index contributed by atoms with van der Waals surface area (Å²) in [5.74, 6) is -1.70. The molecule has 142 valence electrons. The van der Waals surface area contributed by atoms with E-state index < -0.39 is 24.4 Å². The molecular formula is C21H17NO6. The summed E-state index contributed by atoms with van der Waals surface area (Å²) >= 11 is 0. The number of rotatable bonds is 7. The molecule has 1 N–H and O–H groups in total. The predicted molar refractivity (Wildman–Crippen MR) is 99.5 cm³/mol. The van der Waals surface area contributed by atoms with Crippen LogP contribution in [0.1, 0.15) is 10.6 Å². The van der Waals surface area contributed by atoms with Gasteiger partial charge in [0.1, 0.15) is 5.75 Å². The lowest BCUT2D eigenvalue weighted by atomic mass is 10.1. The number of para-hydroxylation sites is 1. The number of hydrogen-bond donors (Lipinski definition) is 1. The van der Waals surface area contributed by atoms with Crippen LogP contribution in [0.5, 0.6) is 5.75 Å². The van der Waals surface area contributed by atoms with E-state index in [1.807, 2.05) is 42.5 Å². The molecule has 2 aromatic carbocycles. The average Bonchev–Trinajstić information content (AvgIpc) is 3.27. The molecule has 0 unspecified atom stereocenters. The minimum Gasteiger partial charge on any atom is -0.481 e. The first-order valence-electron chi connectivity index (χ1n) is 8.44. The maximum atomic E-state index is 11.9. The minimum atomic E-state index is -0.764. The lowest BCUT2D eigenvalue weighted by Gasteiger charge is -2.11. The number of esters is 1. The molecule has 7 heteroatoms. The van der Waals surface area contributed by atoms with E-state index in [4.69, 9.17) is 13.9 Å². The van der Waals surface area contributed by atoms with Gasteiger partial charge in [0.25, 0.3) is 11.8 Å². The number of hydrogen-bond acceptors (Lipinski definition) is 6. The average molecular weight is 379 g/mol. The highest BCUT2D eigenvalue weighted by Gasteiger charge is 2.15. The Hall–Kier alpha value is -3.87. The normalized spacial score (nSPS) is 10.1. The number of carbonyl (C=O) groups is 3. The Morgan fingerprint density at radius 2 is 1.61 bits per heavy atom. The highest BCUT2D eigenvalue weighted by molar-refractivity contribution is 6.03. The first kappa shape index (κ1) is 18.9. The Bertz CT molecular complexity index is 950. The fourth-order valence-electron chi connectivity index (χ4n) is 2.41. The zero-order valence-corrected chi connectivity index (χ0v) is 14.8. The second kappa shape index (κ2) is 9.18. The summed E-state index contributed by atoms with van der Waals surface area (Å²) < 4.78 is 15.2. The van der Waals surface area contributed by atoms with Crippen LogP contribution in [0, 0.1) is 0 Å². The molecule has 7 nitrogen and oxygen atoms in total. The van der Waals surface area contributed by atoms with E-state index >= 15 is 0 Å². The van der Waals surface area contributed by atoms with Crippen LogP contribution >= 0.6 is 0 Å². The maximum Gasteiger partial charge on any atom is 0.344 e. The van der Waals surface area contributed by atoms with Crippen LogP contribution in [0.4, 0.5) is 0 Å². The van der Waals surface area contributed by atoms with Crippen molar-refractivity contribution >= 4 is 17.8 Å². The molecule has 0 radical (unpaired) electrons. The third-order valence-electron chi connectivity index (χ3n) is 3.68. The van der Waals surface area contributed by atoms with Gasteiger partial charge < -0.3 is 13.9 Å². The van der Waals surface area contributed by atoms with Gasteiger partial charge in [-0.25, -0.2) is 4.79 Å². The van der Waals surface area contributed by atoms with Crippen LogP contribution in [-0.2, 0) is 14.3 Å². The molecule has 0 aliphatic carbocycles. The molecule has 0 spiro atoms. The lowest BCUT2D eigenvalue weighted by molar-refractivity contribution is -0.150. The first-order valence-corrected chi connectivity index (χ1v) is 8.44. The molecular weight excluding hydrogens is 362 g/mol. The predicted octanol–water partition coefficient (Wildman–Crippen LogP) is 2.83. The van der Waals surface area contributed by atoms with Crippen LogP contribution in [0.2, 0.25) is 0 Å². The van der Waals surface area contributed by atoms with E-state index in [-0.39, 0.29) is 12.4 Å². The number of imide groups is 1. The van der Waals surface area contributed by atoms with Gasteiger partial charge in [-0.15, -0.1) is 0 Å². The molecule has 3 aromatic rings. The van der Waals surface area contributed by atoms with Crippen LogP contribution in [0.25, 0.3) is 11.1 Å². The van der Waals surface area contributed by atoms with Gasteiger partial charge >= 0.3 is 5.97 Å². The second-order valence-corrected chi connectivity index (χ2v) is 5.67. The molecule has 0 saturated carbocycles. The third kappa shape index (κ3) is 5.07. The van der Waals surface area contributed by atoms with Gasteiger partial charge in [-0.2, -0.15) is 0 Å². The van der Waals surface area contributed by atoms with Crippen molar-refractivity contribution in [1.82, 2.24) is 5.32 Å². The standard InChI is InChI=1S/C21H17NO6/c23-19(22-21(25)18-11-6-12-26-18)13-28-20(24)14-27-17-10-5-4-9-16(17)15-7-2-1-3-8-15/h1-12H,13-14H2,(H,22,23,25). The van der Waals surface area contributed by atoms with E-state index in [0.717, 1.165) is 11.1 Å². The van der Waals surface area contributed by atoms with Gasteiger partial charge in [-0.1, -0.05) is 48.5 Å². The van der Waals surface area contributed by atoms with Gasteiger partial charge in [-0.3, -0.25) is 14.9 Å². The van der Waals surface area contributed by atoms with Crippen molar-refractivity contribution in [3.8, 4) is 16.9 Å². The van der Waals surface area contributed by atoms with E-state index in [2.05, 4.69) is 5.32 Å². The summed E-state index contributed by atoms with van der Waals surface area (Å²) in [6.45, 7) is -0.974. The summed E-state index contributed by atoms with van der Waals surface area (Å²) in [7, 11) is 0. The molecule has 28 heavy (non-hydrogen) atoms. The van der Waals surface area contributed by atoms with Crippen molar-refractivity contribution < 1.29 is 28.3 Å². The van der Waals surface area contributed by atoms with E-state index in [0.29, 0.717) is 5.75 Å². The van der Waals surface area contributed by atoms with Gasteiger partial charge in [0.2, 0.25) is 0 Å². The van der Waals surface area contributed by atoms with Gasteiger partial charge in [-0.05, 0) is 23.8 Å². The Balaban J connectivity index is 1.49. The second-order valence-electron chi connectivity index (χ2n) is 5.67. The number of nitrogens with one attached hydrogen (secondary N) is 1. The van der Waals surface area contributed by atoms with Gasteiger partial charge in [0, 0.05) is 5.56 Å². The quantitative estimate of drug-likeness (QED) is 0.635. The minimum absolute atomic E-state index is 0.0134. The zero-order chi connectivity index (χ0) is 19.8. The molecule has 2 amide bonds. The highest BCUT2D eigenvalue weighted by Crippen LogP contribution is 2.29. The first-order chi connectivity index (χ1) is 13.6. The monoisotopic (exact) mass is 379 g/mol. The van der Waals surface area contributed by atoms with E-state index in [9.17, 15) is 14.4 Å². The molecule has 0 saturated heterocycles. The molecule has 1 heterocycles. The summed E-state index contributed by atoms with van der Waals surface area (Å²) in [6.07, 6.45) is 1.31. The Morgan fingerprint density at radius 1 is 0.857 bits per heavy atom. The number of furan rings is 1. The van der Waals surface area contributed by atoms with Crippen molar-refractivity contribution in [3.05, 3.63) is 78.8 Å². The van der Waals surface area contributed by atoms with Crippen molar-refractivity contribution in [2.24, 2.45) is 0 Å².